The molecule has 1 saturated heterocycles. The number of phenolic OH excluding ortho intramolecular Hbond substituents is 1. The molecule has 1 saturated carbocycles. The summed E-state index contributed by atoms with van der Waals surface area (Å²) in [5, 5.41) is 22.6. The second kappa shape index (κ2) is 9.11. The van der Waals surface area contributed by atoms with E-state index in [0.717, 1.165) is 43.0 Å². The molecule has 2 fully saturated rings. The largest absolute Gasteiger partial charge is 0.504 e. The molecule has 204 valence electrons. The number of ether oxygens (including phenoxy) is 2. The van der Waals surface area contributed by atoms with Gasteiger partial charge in [-0.05, 0) is 73.7 Å². The van der Waals surface area contributed by atoms with E-state index in [-0.39, 0.29) is 28.7 Å². The van der Waals surface area contributed by atoms with Gasteiger partial charge in [0.15, 0.2) is 11.5 Å². The van der Waals surface area contributed by atoms with E-state index in [1.807, 2.05) is 13.0 Å². The summed E-state index contributed by atoms with van der Waals surface area (Å²) in [6.07, 6.45) is 8.60. The number of nitrogens with zero attached hydrogens (tertiary/aromatic N) is 1. The SMILES string of the molecule is COC[C@@H]1Oc2c(O)ccc3c2[C@@]12CCN(CC1CC1)[C@H](C3)[C@@]2(C)/C=C/C(C)(O)c1ccc(C(C)C)cc1. The van der Waals surface area contributed by atoms with E-state index in [1.54, 1.807) is 13.2 Å². The van der Waals surface area contributed by atoms with Crippen molar-refractivity contribution in [3.8, 4) is 11.5 Å². The summed E-state index contributed by atoms with van der Waals surface area (Å²) >= 11 is 0. The summed E-state index contributed by atoms with van der Waals surface area (Å²) in [5.74, 6) is 2.09. The van der Waals surface area contributed by atoms with E-state index in [9.17, 15) is 10.2 Å². The van der Waals surface area contributed by atoms with Crippen molar-refractivity contribution >= 4 is 0 Å². The highest BCUT2D eigenvalue weighted by Gasteiger charge is 2.67. The maximum atomic E-state index is 11.7. The second-order valence-corrected chi connectivity index (χ2v) is 12.9. The molecule has 2 aromatic carbocycles. The van der Waals surface area contributed by atoms with Gasteiger partial charge in [0.25, 0.3) is 0 Å². The van der Waals surface area contributed by atoms with Crippen LogP contribution in [0.25, 0.3) is 0 Å². The number of phenols is 1. The lowest BCUT2D eigenvalue weighted by atomic mass is 9.47. The zero-order valence-electron chi connectivity index (χ0n) is 23.5. The van der Waals surface area contributed by atoms with Crippen molar-refractivity contribution in [2.24, 2.45) is 11.3 Å². The number of aliphatic hydroxyl groups is 1. The molecule has 4 aliphatic rings. The maximum Gasteiger partial charge on any atom is 0.165 e. The molecule has 38 heavy (non-hydrogen) atoms. The van der Waals surface area contributed by atoms with Crippen LogP contribution >= 0.6 is 0 Å². The predicted octanol–water partition coefficient (Wildman–Crippen LogP) is 5.67. The molecule has 0 amide bonds. The summed E-state index contributed by atoms with van der Waals surface area (Å²) in [7, 11) is 1.73. The quantitative estimate of drug-likeness (QED) is 0.442. The third-order valence-corrected chi connectivity index (χ3v) is 10.2. The molecule has 5 heteroatoms. The third kappa shape index (κ3) is 3.84. The van der Waals surface area contributed by atoms with Gasteiger partial charge in [-0.25, -0.2) is 0 Å². The van der Waals surface area contributed by atoms with Crippen molar-refractivity contribution in [1.29, 1.82) is 0 Å². The molecule has 6 rings (SSSR count). The first-order chi connectivity index (χ1) is 18.1. The molecule has 2 bridgehead atoms. The van der Waals surface area contributed by atoms with Gasteiger partial charge in [-0.2, -0.15) is 0 Å². The molecular weight excluding hydrogens is 474 g/mol. The summed E-state index contributed by atoms with van der Waals surface area (Å²) in [5.41, 5.74) is 2.83. The monoisotopic (exact) mass is 517 g/mol. The maximum absolute atomic E-state index is 11.7. The molecule has 5 nitrogen and oxygen atoms in total. The molecule has 0 radical (unpaired) electrons. The lowest BCUT2D eigenvalue weighted by molar-refractivity contribution is -0.0791. The number of piperidine rings is 1. The Morgan fingerprint density at radius 3 is 2.58 bits per heavy atom. The molecule has 2 aromatic rings. The van der Waals surface area contributed by atoms with Gasteiger partial charge in [-0.1, -0.05) is 63.3 Å². The van der Waals surface area contributed by atoms with Gasteiger partial charge in [0, 0.05) is 30.7 Å². The van der Waals surface area contributed by atoms with Gasteiger partial charge in [0.05, 0.1) is 12.0 Å². The summed E-state index contributed by atoms with van der Waals surface area (Å²) in [4.78, 5) is 2.71. The molecule has 5 atom stereocenters. The highest BCUT2D eigenvalue weighted by molar-refractivity contribution is 5.62. The van der Waals surface area contributed by atoms with Gasteiger partial charge in [-0.15, -0.1) is 0 Å². The topological polar surface area (TPSA) is 62.2 Å². The molecule has 0 aromatic heterocycles. The number of methoxy groups -OCH3 is 1. The van der Waals surface area contributed by atoms with E-state index in [2.05, 4.69) is 62.1 Å². The Balaban J connectivity index is 1.46. The van der Waals surface area contributed by atoms with Crippen molar-refractivity contribution in [2.45, 2.75) is 82.5 Å². The minimum Gasteiger partial charge on any atom is -0.504 e. The van der Waals surface area contributed by atoms with Crippen molar-refractivity contribution in [3.05, 3.63) is 70.8 Å². The van der Waals surface area contributed by atoms with Crippen LogP contribution in [0.2, 0.25) is 0 Å². The molecule has 2 N–H and O–H groups in total. The van der Waals surface area contributed by atoms with Crippen molar-refractivity contribution < 1.29 is 19.7 Å². The summed E-state index contributed by atoms with van der Waals surface area (Å²) in [6.45, 7) is 11.2. The highest BCUT2D eigenvalue weighted by atomic mass is 16.5. The second-order valence-electron chi connectivity index (χ2n) is 12.9. The number of fused-ring (bicyclic) bond motifs is 1. The number of rotatable bonds is 8. The Labute approximate surface area is 227 Å². The highest BCUT2D eigenvalue weighted by Crippen LogP contribution is 2.66. The van der Waals surface area contributed by atoms with Gasteiger partial charge in [0.2, 0.25) is 0 Å². The van der Waals surface area contributed by atoms with Crippen LogP contribution in [-0.2, 0) is 22.2 Å². The fourth-order valence-electron chi connectivity index (χ4n) is 7.74. The Bertz CT molecular complexity index is 1230. The minimum atomic E-state index is -1.11. The van der Waals surface area contributed by atoms with Crippen LogP contribution < -0.4 is 4.74 Å². The van der Waals surface area contributed by atoms with Crippen LogP contribution in [-0.4, -0.2) is 54.1 Å². The van der Waals surface area contributed by atoms with Crippen LogP contribution in [0, 0.1) is 11.3 Å². The van der Waals surface area contributed by atoms with Crippen LogP contribution in [0.1, 0.15) is 75.1 Å². The number of likely N-dealkylation sites (tertiary alicyclic amines) is 1. The van der Waals surface area contributed by atoms with E-state index in [1.165, 1.54) is 24.0 Å². The first kappa shape index (κ1) is 25.9. The summed E-state index contributed by atoms with van der Waals surface area (Å²) in [6, 6.07) is 12.5. The Hall–Kier alpha value is -2.34. The third-order valence-electron chi connectivity index (χ3n) is 10.2. The molecule has 2 heterocycles. The van der Waals surface area contributed by atoms with Crippen LogP contribution in [0.3, 0.4) is 0 Å². The first-order valence-corrected chi connectivity index (χ1v) is 14.4. The number of hydrogen-bond acceptors (Lipinski definition) is 5. The van der Waals surface area contributed by atoms with Crippen LogP contribution in [0.15, 0.2) is 48.6 Å². The lowest BCUT2D eigenvalue weighted by Crippen LogP contribution is -2.68. The van der Waals surface area contributed by atoms with Gasteiger partial charge >= 0.3 is 0 Å². The van der Waals surface area contributed by atoms with Crippen molar-refractivity contribution in [2.75, 3.05) is 26.8 Å². The standard InChI is InChI=1S/C33H43NO4/c1-21(2)23-8-11-25(12-9-23)32(4,36)15-14-31(3)27-18-24-10-13-26(35)30-29(24)33(31,28(38-30)20-37-5)16-17-34(27)19-22-6-7-22/h8-15,21-22,27-28,35-36H,6-7,16-20H2,1-5H3/b15-14+/t27-,28+,31-,32?,33-/m1/s1. The van der Waals surface area contributed by atoms with E-state index >= 15 is 0 Å². The Kier molecular flexibility index (Phi) is 6.21. The Morgan fingerprint density at radius 1 is 1.18 bits per heavy atom. The zero-order chi connectivity index (χ0) is 26.9. The minimum absolute atomic E-state index is 0.203. The number of benzene rings is 2. The molecule has 1 unspecified atom stereocenters. The summed E-state index contributed by atoms with van der Waals surface area (Å²) < 4.78 is 12.3. The lowest BCUT2D eigenvalue weighted by Gasteiger charge is -2.61. The van der Waals surface area contributed by atoms with Crippen LogP contribution in [0.4, 0.5) is 0 Å². The van der Waals surface area contributed by atoms with Gasteiger partial charge in [-0.3, -0.25) is 4.90 Å². The average Bonchev–Trinajstić information content (AvgIpc) is 3.64. The van der Waals surface area contributed by atoms with E-state index < -0.39 is 5.60 Å². The normalized spacial score (nSPS) is 31.9. The molecule has 2 aliphatic carbocycles. The van der Waals surface area contributed by atoms with Crippen molar-refractivity contribution in [3.63, 3.8) is 0 Å². The van der Waals surface area contributed by atoms with Gasteiger partial charge in [0.1, 0.15) is 11.7 Å². The fraction of sp³-hybridized carbons (Fsp3) is 0.576. The van der Waals surface area contributed by atoms with Gasteiger partial charge < -0.3 is 19.7 Å². The van der Waals surface area contributed by atoms with E-state index in [4.69, 9.17) is 9.47 Å². The molecule has 2 aliphatic heterocycles. The predicted molar refractivity (Wildman–Crippen MR) is 150 cm³/mol. The zero-order valence-corrected chi connectivity index (χ0v) is 23.5. The average molecular weight is 518 g/mol. The Morgan fingerprint density at radius 2 is 1.92 bits per heavy atom. The van der Waals surface area contributed by atoms with Crippen LogP contribution in [0.5, 0.6) is 11.5 Å². The van der Waals surface area contributed by atoms with E-state index in [0.29, 0.717) is 18.3 Å². The smallest absolute Gasteiger partial charge is 0.165 e. The fourth-order valence-corrected chi connectivity index (χ4v) is 7.74. The first-order valence-electron chi connectivity index (χ1n) is 14.4. The number of aromatic hydroxyl groups is 1. The molecule has 1 spiro atoms. The molecular formula is C33H43NO4. The van der Waals surface area contributed by atoms with Crippen molar-refractivity contribution in [1.82, 2.24) is 4.90 Å². The number of hydrogen-bond donors (Lipinski definition) is 2.